The first-order valence-corrected chi connectivity index (χ1v) is 9.69. The lowest BCUT2D eigenvalue weighted by molar-refractivity contribution is -0.123. The second-order valence-corrected chi connectivity index (χ2v) is 7.59. The van der Waals surface area contributed by atoms with Crippen LogP contribution in [0.5, 0.6) is 0 Å². The van der Waals surface area contributed by atoms with Crippen LogP contribution in [-0.4, -0.2) is 64.0 Å². The number of aromatic nitrogens is 2. The lowest BCUT2D eigenvalue weighted by Crippen LogP contribution is -2.50. The van der Waals surface area contributed by atoms with Crippen molar-refractivity contribution < 1.29 is 4.79 Å². The number of hydrogen-bond donors (Lipinski definition) is 1. The Morgan fingerprint density at radius 2 is 1.96 bits per heavy atom. The molecule has 1 aromatic carbocycles. The molecule has 1 saturated heterocycles. The minimum absolute atomic E-state index is 0.125. The third-order valence-corrected chi connectivity index (χ3v) is 5.39. The van der Waals surface area contributed by atoms with Crippen LogP contribution in [0.1, 0.15) is 26.1 Å². The number of hydrogen-bond acceptors (Lipinski definition) is 4. The molecular weight excluding hydrogens is 350 g/mol. The van der Waals surface area contributed by atoms with Crippen LogP contribution in [0.3, 0.4) is 0 Å². The molecule has 0 radical (unpaired) electrons. The number of nitrogens with one attached hydrogen (secondary N) is 1. The third kappa shape index (κ3) is 4.55. The van der Waals surface area contributed by atoms with Gasteiger partial charge in [-0.3, -0.25) is 14.6 Å². The quantitative estimate of drug-likeness (QED) is 0.839. The molecule has 0 spiro atoms. The highest BCUT2D eigenvalue weighted by molar-refractivity contribution is 6.31. The SMILES string of the molecule is CCC(C)NC(=O)CN1CCN(Cc2nc3cc(Cl)ccc3n2C)CC1. The number of imidazole rings is 1. The molecule has 1 fully saturated rings. The van der Waals surface area contributed by atoms with Gasteiger partial charge in [-0.2, -0.15) is 0 Å². The third-order valence-electron chi connectivity index (χ3n) is 5.15. The lowest BCUT2D eigenvalue weighted by Gasteiger charge is -2.34. The molecule has 7 heteroatoms. The molecule has 2 aromatic rings. The van der Waals surface area contributed by atoms with E-state index in [1.54, 1.807) is 0 Å². The van der Waals surface area contributed by atoms with E-state index in [1.807, 2.05) is 32.2 Å². The molecule has 1 aliphatic heterocycles. The Labute approximate surface area is 160 Å². The molecule has 1 aliphatic rings. The van der Waals surface area contributed by atoms with Crippen LogP contribution >= 0.6 is 11.6 Å². The summed E-state index contributed by atoms with van der Waals surface area (Å²) in [5.41, 5.74) is 2.04. The fraction of sp³-hybridized carbons (Fsp3) is 0.579. The molecule has 1 aromatic heterocycles. The molecule has 0 aliphatic carbocycles. The Bertz CT molecular complexity index is 767. The zero-order valence-electron chi connectivity index (χ0n) is 15.8. The van der Waals surface area contributed by atoms with Gasteiger partial charge in [-0.05, 0) is 31.5 Å². The van der Waals surface area contributed by atoms with Crippen molar-refractivity contribution in [2.24, 2.45) is 7.05 Å². The van der Waals surface area contributed by atoms with Crippen LogP contribution in [0.2, 0.25) is 5.02 Å². The van der Waals surface area contributed by atoms with E-state index in [4.69, 9.17) is 16.6 Å². The zero-order chi connectivity index (χ0) is 18.7. The van der Waals surface area contributed by atoms with Crippen molar-refractivity contribution in [2.45, 2.75) is 32.9 Å². The van der Waals surface area contributed by atoms with Gasteiger partial charge in [0.05, 0.1) is 24.1 Å². The summed E-state index contributed by atoms with van der Waals surface area (Å²) >= 11 is 6.07. The predicted molar refractivity (Wildman–Crippen MR) is 105 cm³/mol. The van der Waals surface area contributed by atoms with Gasteiger partial charge >= 0.3 is 0 Å². The number of aryl methyl sites for hydroxylation is 1. The maximum Gasteiger partial charge on any atom is 0.234 e. The van der Waals surface area contributed by atoms with E-state index in [0.29, 0.717) is 11.6 Å². The Morgan fingerprint density at radius 3 is 2.65 bits per heavy atom. The van der Waals surface area contributed by atoms with Gasteiger partial charge in [0.1, 0.15) is 5.82 Å². The fourth-order valence-electron chi connectivity index (χ4n) is 3.30. The molecule has 1 atom stereocenters. The molecule has 6 nitrogen and oxygen atoms in total. The van der Waals surface area contributed by atoms with Crippen LogP contribution in [0.25, 0.3) is 11.0 Å². The first-order valence-electron chi connectivity index (χ1n) is 9.31. The molecule has 2 heterocycles. The van der Waals surface area contributed by atoms with Gasteiger partial charge in [-0.25, -0.2) is 4.98 Å². The number of benzene rings is 1. The van der Waals surface area contributed by atoms with E-state index in [-0.39, 0.29) is 11.9 Å². The van der Waals surface area contributed by atoms with Gasteiger partial charge in [-0.1, -0.05) is 18.5 Å². The van der Waals surface area contributed by atoms with E-state index in [0.717, 1.165) is 56.0 Å². The summed E-state index contributed by atoms with van der Waals surface area (Å²) < 4.78 is 2.14. The fourth-order valence-corrected chi connectivity index (χ4v) is 3.46. The summed E-state index contributed by atoms with van der Waals surface area (Å²) in [7, 11) is 2.05. The number of carbonyl (C=O) groups is 1. The van der Waals surface area contributed by atoms with E-state index in [2.05, 4.69) is 26.6 Å². The van der Waals surface area contributed by atoms with Gasteiger partial charge in [0, 0.05) is 44.3 Å². The van der Waals surface area contributed by atoms with Gasteiger partial charge < -0.3 is 9.88 Å². The van der Waals surface area contributed by atoms with Gasteiger partial charge in [0.25, 0.3) is 0 Å². The lowest BCUT2D eigenvalue weighted by atomic mass is 10.2. The van der Waals surface area contributed by atoms with Gasteiger partial charge in [0.2, 0.25) is 5.91 Å². The van der Waals surface area contributed by atoms with Crippen molar-refractivity contribution in [1.82, 2.24) is 24.7 Å². The smallest absolute Gasteiger partial charge is 0.234 e. The van der Waals surface area contributed by atoms with E-state index < -0.39 is 0 Å². The monoisotopic (exact) mass is 377 g/mol. The number of nitrogens with zero attached hydrogens (tertiary/aromatic N) is 4. The van der Waals surface area contributed by atoms with Gasteiger partial charge in [0.15, 0.2) is 0 Å². The van der Waals surface area contributed by atoms with Crippen molar-refractivity contribution in [1.29, 1.82) is 0 Å². The molecule has 1 amide bonds. The molecule has 3 rings (SSSR count). The number of amides is 1. The van der Waals surface area contributed by atoms with Crippen molar-refractivity contribution in [2.75, 3.05) is 32.7 Å². The summed E-state index contributed by atoms with van der Waals surface area (Å²) in [6.07, 6.45) is 0.961. The van der Waals surface area contributed by atoms with Crippen molar-refractivity contribution in [3.63, 3.8) is 0 Å². The van der Waals surface area contributed by atoms with Crippen LogP contribution in [0.4, 0.5) is 0 Å². The molecule has 0 saturated carbocycles. The summed E-state index contributed by atoms with van der Waals surface area (Å²) in [4.78, 5) is 21.4. The number of rotatable bonds is 6. The standard InChI is InChI=1S/C19H28ClN5O/c1-4-14(2)21-19(26)13-25-9-7-24(8-10-25)12-18-22-16-11-15(20)5-6-17(16)23(18)3/h5-6,11,14H,4,7-10,12-13H2,1-3H3,(H,21,26). The van der Waals surface area contributed by atoms with Crippen LogP contribution < -0.4 is 5.32 Å². The molecule has 1 N–H and O–H groups in total. The minimum Gasteiger partial charge on any atom is -0.353 e. The van der Waals surface area contributed by atoms with E-state index in [1.165, 1.54) is 0 Å². The van der Waals surface area contributed by atoms with Crippen LogP contribution in [0.15, 0.2) is 18.2 Å². The highest BCUT2D eigenvalue weighted by Crippen LogP contribution is 2.20. The molecular formula is C19H28ClN5O. The number of fused-ring (bicyclic) bond motifs is 1. The maximum atomic E-state index is 12.0. The minimum atomic E-state index is 0.125. The van der Waals surface area contributed by atoms with Crippen molar-refractivity contribution in [3.8, 4) is 0 Å². The highest BCUT2D eigenvalue weighted by Gasteiger charge is 2.21. The molecule has 26 heavy (non-hydrogen) atoms. The first kappa shape index (κ1) is 19.1. The molecule has 0 bridgehead atoms. The van der Waals surface area contributed by atoms with E-state index >= 15 is 0 Å². The molecule has 1 unspecified atom stereocenters. The number of carbonyl (C=O) groups excluding carboxylic acids is 1. The van der Waals surface area contributed by atoms with Crippen LogP contribution in [0, 0.1) is 0 Å². The largest absolute Gasteiger partial charge is 0.353 e. The Balaban J connectivity index is 1.53. The predicted octanol–water partition coefficient (Wildman–Crippen LogP) is 2.26. The number of piperazine rings is 1. The number of halogens is 1. The average Bonchev–Trinajstić information content (AvgIpc) is 2.91. The summed E-state index contributed by atoms with van der Waals surface area (Å²) in [6, 6.07) is 6.07. The average molecular weight is 378 g/mol. The Morgan fingerprint density at radius 1 is 1.27 bits per heavy atom. The zero-order valence-corrected chi connectivity index (χ0v) is 16.6. The first-order chi connectivity index (χ1) is 12.5. The Kier molecular flexibility index (Phi) is 6.16. The second-order valence-electron chi connectivity index (χ2n) is 7.15. The van der Waals surface area contributed by atoms with Gasteiger partial charge in [-0.15, -0.1) is 0 Å². The summed E-state index contributed by atoms with van der Waals surface area (Å²) in [5, 5.41) is 3.75. The van der Waals surface area contributed by atoms with Crippen molar-refractivity contribution >= 4 is 28.5 Å². The molecule has 142 valence electrons. The Hall–Kier alpha value is -1.63. The van der Waals surface area contributed by atoms with E-state index in [9.17, 15) is 4.79 Å². The summed E-state index contributed by atoms with van der Waals surface area (Å²) in [5.74, 6) is 1.17. The maximum absolute atomic E-state index is 12.0. The normalized spacial score (nSPS) is 17.5. The second kappa shape index (κ2) is 8.37. The topological polar surface area (TPSA) is 53.4 Å². The van der Waals surface area contributed by atoms with Crippen LogP contribution in [-0.2, 0) is 18.4 Å². The summed E-state index contributed by atoms with van der Waals surface area (Å²) in [6.45, 7) is 9.13. The highest BCUT2D eigenvalue weighted by atomic mass is 35.5. The van der Waals surface area contributed by atoms with Crippen molar-refractivity contribution in [3.05, 3.63) is 29.0 Å².